The molecule has 0 bridgehead atoms. The van der Waals surface area contributed by atoms with E-state index in [4.69, 9.17) is 0 Å². The highest BCUT2D eigenvalue weighted by molar-refractivity contribution is 7.10. The molecule has 2 N–H and O–H groups in total. The molecule has 0 saturated carbocycles. The molecule has 0 aliphatic carbocycles. The average molecular weight is 350 g/mol. The van der Waals surface area contributed by atoms with Crippen LogP contribution in [0.4, 0.5) is 19.3 Å². The van der Waals surface area contributed by atoms with Crippen molar-refractivity contribution in [2.45, 2.75) is 6.04 Å². The summed E-state index contributed by atoms with van der Waals surface area (Å²) >= 11 is 3.01. The molecule has 118 valence electrons. The largest absolute Gasteiger partial charge is 0.326 e. The molecule has 0 saturated heterocycles. The van der Waals surface area contributed by atoms with E-state index < -0.39 is 23.4 Å². The number of hydrogen-bond donors (Lipinski definition) is 2. The monoisotopic (exact) mass is 350 g/mol. The second-order valence-electron chi connectivity index (χ2n) is 4.70. The van der Waals surface area contributed by atoms with Crippen LogP contribution in [0.25, 0.3) is 0 Å². The molecular formula is C16H12F2N2OS2. The lowest BCUT2D eigenvalue weighted by Gasteiger charge is -2.17. The fourth-order valence-corrected chi connectivity index (χ4v) is 3.60. The number of urea groups is 1. The molecule has 0 aliphatic heterocycles. The van der Waals surface area contributed by atoms with Crippen LogP contribution in [0.2, 0.25) is 0 Å². The van der Waals surface area contributed by atoms with Crippen molar-refractivity contribution in [2.24, 2.45) is 0 Å². The number of para-hydroxylation sites is 1. The van der Waals surface area contributed by atoms with E-state index in [-0.39, 0.29) is 6.04 Å². The van der Waals surface area contributed by atoms with Gasteiger partial charge in [-0.15, -0.1) is 11.3 Å². The molecular weight excluding hydrogens is 338 g/mol. The van der Waals surface area contributed by atoms with Crippen molar-refractivity contribution in [1.82, 2.24) is 5.32 Å². The van der Waals surface area contributed by atoms with E-state index in [2.05, 4.69) is 10.6 Å². The quantitative estimate of drug-likeness (QED) is 0.683. The van der Waals surface area contributed by atoms with Gasteiger partial charge in [0.05, 0.1) is 6.04 Å². The Bertz CT molecular complexity index is 734. The van der Waals surface area contributed by atoms with Gasteiger partial charge < -0.3 is 10.6 Å². The molecule has 2 aromatic heterocycles. The van der Waals surface area contributed by atoms with Crippen molar-refractivity contribution in [3.05, 3.63) is 74.6 Å². The van der Waals surface area contributed by atoms with Crippen LogP contribution in [0.1, 0.15) is 16.5 Å². The Balaban J connectivity index is 1.79. The molecule has 23 heavy (non-hydrogen) atoms. The number of hydrogen-bond acceptors (Lipinski definition) is 3. The first-order valence-corrected chi connectivity index (χ1v) is 8.54. The molecule has 1 aromatic carbocycles. The van der Waals surface area contributed by atoms with Crippen LogP contribution in [-0.2, 0) is 0 Å². The molecule has 0 unspecified atom stereocenters. The summed E-state index contributed by atoms with van der Waals surface area (Å²) in [5, 5.41) is 10.7. The van der Waals surface area contributed by atoms with Crippen molar-refractivity contribution >= 4 is 34.4 Å². The number of anilines is 1. The highest BCUT2D eigenvalue weighted by Crippen LogP contribution is 2.28. The normalized spacial score (nSPS) is 11.9. The number of rotatable bonds is 4. The van der Waals surface area contributed by atoms with Gasteiger partial charge in [0.15, 0.2) is 0 Å². The SMILES string of the molecule is O=C(Nc1c(F)cccc1F)N[C@@H](c1ccsc1)c1cccs1. The van der Waals surface area contributed by atoms with Gasteiger partial charge in [0.2, 0.25) is 0 Å². The lowest BCUT2D eigenvalue weighted by atomic mass is 10.1. The molecule has 7 heteroatoms. The lowest BCUT2D eigenvalue weighted by Crippen LogP contribution is -2.33. The maximum absolute atomic E-state index is 13.6. The molecule has 2 heterocycles. The number of amides is 2. The van der Waals surface area contributed by atoms with Crippen molar-refractivity contribution in [3.8, 4) is 0 Å². The van der Waals surface area contributed by atoms with Crippen LogP contribution < -0.4 is 10.6 Å². The first-order chi connectivity index (χ1) is 11.1. The van der Waals surface area contributed by atoms with E-state index in [9.17, 15) is 13.6 Å². The highest BCUT2D eigenvalue weighted by Gasteiger charge is 2.20. The van der Waals surface area contributed by atoms with Crippen LogP contribution >= 0.6 is 22.7 Å². The van der Waals surface area contributed by atoms with Gasteiger partial charge in [0, 0.05) is 4.88 Å². The van der Waals surface area contributed by atoms with Crippen molar-refractivity contribution in [1.29, 1.82) is 0 Å². The molecule has 0 fully saturated rings. The standard InChI is InChI=1S/C16H12F2N2OS2/c17-11-3-1-4-12(18)15(11)20-16(21)19-14(10-6-8-22-9-10)13-5-2-7-23-13/h1-9,14H,(H2,19,20,21)/t14-/m0/s1. The van der Waals surface area contributed by atoms with E-state index in [1.807, 2.05) is 34.3 Å². The number of carbonyl (C=O) groups excluding carboxylic acids is 1. The molecule has 3 rings (SSSR count). The molecule has 1 atom stereocenters. The maximum atomic E-state index is 13.6. The predicted octanol–water partition coefficient (Wildman–Crippen LogP) is 5.00. The fraction of sp³-hybridized carbons (Fsp3) is 0.0625. The minimum Gasteiger partial charge on any atom is -0.326 e. The summed E-state index contributed by atoms with van der Waals surface area (Å²) in [6, 6.07) is 8.08. The second-order valence-corrected chi connectivity index (χ2v) is 6.46. The summed E-state index contributed by atoms with van der Waals surface area (Å²) in [4.78, 5) is 13.1. The summed E-state index contributed by atoms with van der Waals surface area (Å²) in [5.41, 5.74) is 0.460. The van der Waals surface area contributed by atoms with Crippen LogP contribution in [0.15, 0.2) is 52.5 Å². The molecule has 3 nitrogen and oxygen atoms in total. The van der Waals surface area contributed by atoms with Gasteiger partial charge in [-0.05, 0) is 46.0 Å². The predicted molar refractivity (Wildman–Crippen MR) is 89.0 cm³/mol. The summed E-state index contributed by atoms with van der Waals surface area (Å²) in [7, 11) is 0. The van der Waals surface area contributed by atoms with Crippen LogP contribution in [0.5, 0.6) is 0 Å². The molecule has 0 spiro atoms. The number of halogens is 2. The van der Waals surface area contributed by atoms with Gasteiger partial charge in [-0.25, -0.2) is 13.6 Å². The zero-order chi connectivity index (χ0) is 16.2. The van der Waals surface area contributed by atoms with Crippen LogP contribution in [0.3, 0.4) is 0 Å². The Kier molecular flexibility index (Phi) is 4.68. The minimum atomic E-state index is -0.816. The number of thiophene rings is 2. The zero-order valence-electron chi connectivity index (χ0n) is 11.8. The summed E-state index contributed by atoms with van der Waals surface area (Å²) in [6.45, 7) is 0. The average Bonchev–Trinajstić information content (AvgIpc) is 3.21. The fourth-order valence-electron chi connectivity index (χ4n) is 2.11. The van der Waals surface area contributed by atoms with Crippen molar-refractivity contribution < 1.29 is 13.6 Å². The van der Waals surface area contributed by atoms with Crippen molar-refractivity contribution in [2.75, 3.05) is 5.32 Å². The van der Waals surface area contributed by atoms with Crippen molar-refractivity contribution in [3.63, 3.8) is 0 Å². The Morgan fingerprint density at radius 3 is 2.43 bits per heavy atom. The topological polar surface area (TPSA) is 41.1 Å². The Labute approximate surface area is 139 Å². The van der Waals surface area contributed by atoms with E-state index in [0.717, 1.165) is 22.6 Å². The third-order valence-corrected chi connectivity index (χ3v) is 4.82. The van der Waals surface area contributed by atoms with Crippen LogP contribution in [-0.4, -0.2) is 6.03 Å². The molecule has 3 aromatic rings. The van der Waals surface area contributed by atoms with E-state index in [1.165, 1.54) is 28.7 Å². The minimum absolute atomic E-state index is 0.365. The number of benzene rings is 1. The lowest BCUT2D eigenvalue weighted by molar-refractivity contribution is 0.250. The number of nitrogens with one attached hydrogen (secondary N) is 2. The van der Waals surface area contributed by atoms with Gasteiger partial charge in [-0.1, -0.05) is 12.1 Å². The highest BCUT2D eigenvalue weighted by atomic mass is 32.1. The van der Waals surface area contributed by atoms with Crippen LogP contribution in [0, 0.1) is 11.6 Å². The Morgan fingerprint density at radius 1 is 1.04 bits per heavy atom. The first-order valence-electron chi connectivity index (χ1n) is 6.72. The summed E-state index contributed by atoms with van der Waals surface area (Å²) < 4.78 is 27.2. The van der Waals surface area contributed by atoms with Gasteiger partial charge in [-0.3, -0.25) is 0 Å². The summed E-state index contributed by atoms with van der Waals surface area (Å²) in [6.07, 6.45) is 0. The van der Waals surface area contributed by atoms with E-state index >= 15 is 0 Å². The smallest absolute Gasteiger partial charge is 0.320 e. The number of carbonyl (C=O) groups is 1. The Hall–Kier alpha value is -2.25. The molecule has 0 aliphatic rings. The molecule has 0 radical (unpaired) electrons. The van der Waals surface area contributed by atoms with Gasteiger partial charge in [-0.2, -0.15) is 11.3 Å². The van der Waals surface area contributed by atoms with E-state index in [1.54, 1.807) is 0 Å². The maximum Gasteiger partial charge on any atom is 0.320 e. The van der Waals surface area contributed by atoms with Gasteiger partial charge in [0.1, 0.15) is 17.3 Å². The van der Waals surface area contributed by atoms with Gasteiger partial charge in [0.25, 0.3) is 0 Å². The van der Waals surface area contributed by atoms with Gasteiger partial charge >= 0.3 is 6.03 Å². The summed E-state index contributed by atoms with van der Waals surface area (Å²) in [5.74, 6) is -1.63. The molecule has 2 amide bonds. The third kappa shape index (κ3) is 3.57. The van der Waals surface area contributed by atoms with E-state index in [0.29, 0.717) is 0 Å². The zero-order valence-corrected chi connectivity index (χ0v) is 13.4. The third-order valence-electron chi connectivity index (χ3n) is 3.18. The first kappa shape index (κ1) is 15.6. The Morgan fingerprint density at radius 2 is 1.83 bits per heavy atom. The second kappa shape index (κ2) is 6.89.